The predicted octanol–water partition coefficient (Wildman–Crippen LogP) is 2.24. The molecule has 0 atom stereocenters. The SMILES string of the molecule is COc1ccc(N2CCN(c3ccc(NS(=O)(=O)N(C)C)cc3)CC2)cc1. The lowest BCUT2D eigenvalue weighted by molar-refractivity contribution is 0.415. The van der Waals surface area contributed by atoms with Crippen LogP contribution in [0.15, 0.2) is 48.5 Å². The van der Waals surface area contributed by atoms with E-state index in [0.717, 1.165) is 41.9 Å². The van der Waals surface area contributed by atoms with Crippen LogP contribution in [-0.2, 0) is 10.2 Å². The van der Waals surface area contributed by atoms with E-state index in [-0.39, 0.29) is 0 Å². The van der Waals surface area contributed by atoms with Crippen molar-refractivity contribution >= 4 is 27.3 Å². The average Bonchev–Trinajstić information content (AvgIpc) is 2.68. The maximum Gasteiger partial charge on any atom is 0.301 e. The van der Waals surface area contributed by atoms with Gasteiger partial charge in [-0.15, -0.1) is 0 Å². The topological polar surface area (TPSA) is 65.1 Å². The molecule has 7 nitrogen and oxygen atoms in total. The summed E-state index contributed by atoms with van der Waals surface area (Å²) in [7, 11) is 1.19. The maximum atomic E-state index is 11.9. The van der Waals surface area contributed by atoms with E-state index in [0.29, 0.717) is 5.69 Å². The Labute approximate surface area is 161 Å². The molecule has 146 valence electrons. The van der Waals surface area contributed by atoms with E-state index in [1.54, 1.807) is 19.2 Å². The van der Waals surface area contributed by atoms with Crippen LogP contribution in [0.4, 0.5) is 17.1 Å². The van der Waals surface area contributed by atoms with Gasteiger partial charge in [0.1, 0.15) is 5.75 Å². The van der Waals surface area contributed by atoms with Gasteiger partial charge in [-0.1, -0.05) is 0 Å². The fourth-order valence-corrected chi connectivity index (χ4v) is 3.61. The fraction of sp³-hybridized carbons (Fsp3) is 0.368. The average molecular weight is 391 g/mol. The highest BCUT2D eigenvalue weighted by Gasteiger charge is 2.18. The van der Waals surface area contributed by atoms with Crippen LogP contribution in [0.25, 0.3) is 0 Å². The zero-order valence-electron chi connectivity index (χ0n) is 15.9. The number of piperazine rings is 1. The third-order valence-electron chi connectivity index (χ3n) is 4.68. The molecule has 0 amide bonds. The lowest BCUT2D eigenvalue weighted by atomic mass is 10.2. The molecule has 0 unspecified atom stereocenters. The van der Waals surface area contributed by atoms with Crippen LogP contribution in [0.1, 0.15) is 0 Å². The van der Waals surface area contributed by atoms with Gasteiger partial charge < -0.3 is 14.5 Å². The van der Waals surface area contributed by atoms with Crippen molar-refractivity contribution in [2.24, 2.45) is 0 Å². The standard InChI is InChI=1S/C19H26N4O3S/c1-21(2)27(24,25)20-16-4-6-17(7-5-16)22-12-14-23(15-13-22)18-8-10-19(26-3)11-9-18/h4-11,20H,12-15H2,1-3H3. The number of rotatable bonds is 6. The minimum atomic E-state index is -3.48. The van der Waals surface area contributed by atoms with E-state index in [1.165, 1.54) is 19.8 Å². The summed E-state index contributed by atoms with van der Waals surface area (Å²) in [6, 6.07) is 15.6. The van der Waals surface area contributed by atoms with Gasteiger partial charge in [-0.05, 0) is 48.5 Å². The van der Waals surface area contributed by atoms with Crippen molar-refractivity contribution in [3.8, 4) is 5.75 Å². The van der Waals surface area contributed by atoms with Gasteiger partial charge >= 0.3 is 10.2 Å². The quantitative estimate of drug-likeness (QED) is 0.820. The second kappa shape index (κ2) is 8.06. The Hall–Kier alpha value is -2.45. The molecule has 27 heavy (non-hydrogen) atoms. The molecule has 8 heteroatoms. The largest absolute Gasteiger partial charge is 0.497 e. The van der Waals surface area contributed by atoms with Crippen LogP contribution in [0.5, 0.6) is 5.75 Å². The number of hydrogen-bond donors (Lipinski definition) is 1. The number of nitrogens with one attached hydrogen (secondary N) is 1. The molecule has 1 aliphatic heterocycles. The van der Waals surface area contributed by atoms with Crippen molar-refractivity contribution in [1.82, 2.24) is 4.31 Å². The predicted molar refractivity (Wildman–Crippen MR) is 110 cm³/mol. The highest BCUT2D eigenvalue weighted by atomic mass is 32.2. The first-order valence-electron chi connectivity index (χ1n) is 8.83. The summed E-state index contributed by atoms with van der Waals surface area (Å²) in [6.07, 6.45) is 0. The molecule has 0 aromatic heterocycles. The molecule has 1 heterocycles. The van der Waals surface area contributed by atoms with E-state index in [1.807, 2.05) is 24.3 Å². The Morgan fingerprint density at radius 1 is 0.852 bits per heavy atom. The second-order valence-electron chi connectivity index (χ2n) is 6.61. The lowest BCUT2D eigenvalue weighted by Gasteiger charge is -2.37. The molecule has 3 rings (SSSR count). The van der Waals surface area contributed by atoms with Gasteiger partial charge in [-0.3, -0.25) is 4.72 Å². The number of nitrogens with zero attached hydrogens (tertiary/aromatic N) is 3. The van der Waals surface area contributed by atoms with Gasteiger partial charge in [0.25, 0.3) is 0 Å². The van der Waals surface area contributed by atoms with E-state index in [2.05, 4.69) is 26.7 Å². The number of anilines is 3. The highest BCUT2D eigenvalue weighted by Crippen LogP contribution is 2.24. The zero-order chi connectivity index (χ0) is 19.4. The second-order valence-corrected chi connectivity index (χ2v) is 8.49. The molecule has 1 N–H and O–H groups in total. The smallest absolute Gasteiger partial charge is 0.301 e. The Kier molecular flexibility index (Phi) is 5.76. The molecule has 0 spiro atoms. The highest BCUT2D eigenvalue weighted by molar-refractivity contribution is 7.90. The maximum absolute atomic E-state index is 11.9. The molecule has 0 radical (unpaired) electrons. The summed E-state index contributed by atoms with van der Waals surface area (Å²) in [5, 5.41) is 0. The van der Waals surface area contributed by atoms with Crippen molar-refractivity contribution in [3.63, 3.8) is 0 Å². The summed E-state index contributed by atoms with van der Waals surface area (Å²) in [4.78, 5) is 4.67. The van der Waals surface area contributed by atoms with Crippen molar-refractivity contribution in [3.05, 3.63) is 48.5 Å². The summed E-state index contributed by atoms with van der Waals surface area (Å²) >= 11 is 0. The Bertz CT molecular complexity index is 844. The first-order valence-corrected chi connectivity index (χ1v) is 10.3. The summed E-state index contributed by atoms with van der Waals surface area (Å²) in [5.41, 5.74) is 2.85. The van der Waals surface area contributed by atoms with Crippen molar-refractivity contribution < 1.29 is 13.2 Å². The van der Waals surface area contributed by atoms with Crippen molar-refractivity contribution in [1.29, 1.82) is 0 Å². The Balaban J connectivity index is 1.59. The zero-order valence-corrected chi connectivity index (χ0v) is 16.7. The molecule has 1 saturated heterocycles. The molecule has 0 bridgehead atoms. The Morgan fingerprint density at radius 2 is 1.30 bits per heavy atom. The molecule has 2 aromatic carbocycles. The van der Waals surface area contributed by atoms with E-state index >= 15 is 0 Å². The lowest BCUT2D eigenvalue weighted by Crippen LogP contribution is -2.46. The third-order valence-corrected chi connectivity index (χ3v) is 6.13. The van der Waals surface area contributed by atoms with Crippen molar-refractivity contribution in [2.45, 2.75) is 0 Å². The number of methoxy groups -OCH3 is 1. The fourth-order valence-electron chi connectivity index (χ4n) is 3.00. The summed E-state index contributed by atoms with van der Waals surface area (Å²) < 4.78 is 32.7. The van der Waals surface area contributed by atoms with Crippen LogP contribution in [-0.4, -0.2) is 60.1 Å². The molecule has 2 aromatic rings. The Morgan fingerprint density at radius 3 is 1.70 bits per heavy atom. The van der Waals surface area contributed by atoms with Gasteiger partial charge in [0.2, 0.25) is 0 Å². The summed E-state index contributed by atoms with van der Waals surface area (Å²) in [5.74, 6) is 0.863. The minimum Gasteiger partial charge on any atom is -0.497 e. The normalized spacial score (nSPS) is 15.1. The van der Waals surface area contributed by atoms with Crippen LogP contribution in [0, 0.1) is 0 Å². The van der Waals surface area contributed by atoms with Crippen LogP contribution < -0.4 is 19.3 Å². The van der Waals surface area contributed by atoms with Crippen LogP contribution in [0.3, 0.4) is 0 Å². The minimum absolute atomic E-state index is 0.560. The van der Waals surface area contributed by atoms with Crippen LogP contribution in [0.2, 0.25) is 0 Å². The molecule has 1 aliphatic rings. The van der Waals surface area contributed by atoms with Gasteiger partial charge in [0, 0.05) is 57.3 Å². The molecular weight excluding hydrogens is 364 g/mol. The van der Waals surface area contributed by atoms with E-state index < -0.39 is 10.2 Å². The third kappa shape index (κ3) is 4.64. The number of ether oxygens (including phenoxy) is 1. The first kappa shape index (κ1) is 19.3. The summed E-state index contributed by atoms with van der Waals surface area (Å²) in [6.45, 7) is 3.69. The molecule has 0 aliphatic carbocycles. The number of benzene rings is 2. The molecule has 0 saturated carbocycles. The monoisotopic (exact) mass is 390 g/mol. The molecule has 1 fully saturated rings. The first-order chi connectivity index (χ1) is 12.9. The number of hydrogen-bond acceptors (Lipinski definition) is 5. The van der Waals surface area contributed by atoms with Gasteiger partial charge in [-0.25, -0.2) is 0 Å². The van der Waals surface area contributed by atoms with Gasteiger partial charge in [0.05, 0.1) is 7.11 Å². The molecular formula is C19H26N4O3S. The van der Waals surface area contributed by atoms with Crippen LogP contribution >= 0.6 is 0 Å². The van der Waals surface area contributed by atoms with Gasteiger partial charge in [0.15, 0.2) is 0 Å². The van der Waals surface area contributed by atoms with E-state index in [9.17, 15) is 8.42 Å². The van der Waals surface area contributed by atoms with E-state index in [4.69, 9.17) is 4.74 Å². The van der Waals surface area contributed by atoms with Gasteiger partial charge in [-0.2, -0.15) is 12.7 Å². The van der Waals surface area contributed by atoms with Crippen molar-refractivity contribution in [2.75, 3.05) is 61.9 Å².